The summed E-state index contributed by atoms with van der Waals surface area (Å²) in [7, 11) is 0. The molecule has 0 spiro atoms. The van der Waals surface area contributed by atoms with Crippen LogP contribution in [0.15, 0.2) is 12.3 Å². The minimum atomic E-state index is 0.473. The van der Waals surface area contributed by atoms with Gasteiger partial charge in [-0.05, 0) is 42.9 Å². The van der Waals surface area contributed by atoms with Crippen molar-refractivity contribution in [2.75, 3.05) is 0 Å². The van der Waals surface area contributed by atoms with E-state index in [0.29, 0.717) is 11.3 Å². The standard InChI is InChI=1S/C12H23N/c1-9(13)10-5-7-11(8-6-10)12(2,3)4/h10-11H,1,5-8,13H2,2-4H3. The SMILES string of the molecule is C=C(N)C1CCC(C(C)(C)C)CC1. The zero-order valence-corrected chi connectivity index (χ0v) is 9.27. The molecule has 1 saturated carbocycles. The van der Waals surface area contributed by atoms with E-state index in [9.17, 15) is 0 Å². The molecule has 1 aliphatic carbocycles. The molecule has 76 valence electrons. The first-order chi connectivity index (χ1) is 5.91. The molecular weight excluding hydrogens is 158 g/mol. The van der Waals surface area contributed by atoms with Crippen LogP contribution in [0.4, 0.5) is 0 Å². The van der Waals surface area contributed by atoms with Crippen molar-refractivity contribution in [3.8, 4) is 0 Å². The number of hydrogen-bond donors (Lipinski definition) is 1. The van der Waals surface area contributed by atoms with Crippen LogP contribution < -0.4 is 5.73 Å². The van der Waals surface area contributed by atoms with Crippen molar-refractivity contribution in [3.05, 3.63) is 12.3 Å². The Balaban J connectivity index is 2.44. The predicted molar refractivity (Wildman–Crippen MR) is 58.2 cm³/mol. The van der Waals surface area contributed by atoms with Crippen molar-refractivity contribution in [3.63, 3.8) is 0 Å². The van der Waals surface area contributed by atoms with Gasteiger partial charge < -0.3 is 5.73 Å². The average Bonchev–Trinajstić information content (AvgIpc) is 2.03. The van der Waals surface area contributed by atoms with Crippen LogP contribution in [0.25, 0.3) is 0 Å². The summed E-state index contributed by atoms with van der Waals surface area (Å²) in [5.74, 6) is 1.47. The topological polar surface area (TPSA) is 26.0 Å². The molecule has 1 rings (SSSR count). The van der Waals surface area contributed by atoms with E-state index in [2.05, 4.69) is 27.4 Å². The molecule has 0 atom stereocenters. The molecule has 0 aromatic carbocycles. The molecular formula is C12H23N. The van der Waals surface area contributed by atoms with Gasteiger partial charge in [0, 0.05) is 5.70 Å². The van der Waals surface area contributed by atoms with Crippen LogP contribution in [0.5, 0.6) is 0 Å². The van der Waals surface area contributed by atoms with Crippen molar-refractivity contribution >= 4 is 0 Å². The third-order valence-corrected chi connectivity index (χ3v) is 3.48. The maximum Gasteiger partial charge on any atom is 0.00390 e. The first kappa shape index (κ1) is 10.6. The van der Waals surface area contributed by atoms with E-state index in [1.807, 2.05) is 0 Å². The lowest BCUT2D eigenvalue weighted by molar-refractivity contribution is 0.159. The molecule has 2 N–H and O–H groups in total. The van der Waals surface area contributed by atoms with Gasteiger partial charge in [-0.2, -0.15) is 0 Å². The Kier molecular flexibility index (Phi) is 3.05. The molecule has 1 heteroatoms. The van der Waals surface area contributed by atoms with Crippen molar-refractivity contribution in [2.45, 2.75) is 46.5 Å². The summed E-state index contributed by atoms with van der Waals surface area (Å²) in [6.07, 6.45) is 5.14. The number of nitrogens with two attached hydrogens (primary N) is 1. The zero-order valence-electron chi connectivity index (χ0n) is 9.27. The Morgan fingerprint density at radius 3 is 1.92 bits per heavy atom. The van der Waals surface area contributed by atoms with Gasteiger partial charge in [0.15, 0.2) is 0 Å². The Hall–Kier alpha value is -0.460. The second kappa shape index (κ2) is 3.73. The van der Waals surface area contributed by atoms with E-state index < -0.39 is 0 Å². The first-order valence-electron chi connectivity index (χ1n) is 5.35. The van der Waals surface area contributed by atoms with E-state index in [0.717, 1.165) is 11.6 Å². The van der Waals surface area contributed by atoms with Crippen LogP contribution in [-0.4, -0.2) is 0 Å². The van der Waals surface area contributed by atoms with Crippen LogP contribution in [0.1, 0.15) is 46.5 Å². The van der Waals surface area contributed by atoms with E-state index in [4.69, 9.17) is 5.73 Å². The minimum Gasteiger partial charge on any atom is -0.402 e. The summed E-state index contributed by atoms with van der Waals surface area (Å²) in [5, 5.41) is 0. The van der Waals surface area contributed by atoms with E-state index in [1.54, 1.807) is 0 Å². The molecule has 0 aliphatic heterocycles. The Bertz CT molecular complexity index is 180. The van der Waals surface area contributed by atoms with Crippen LogP contribution in [0, 0.1) is 17.3 Å². The summed E-state index contributed by atoms with van der Waals surface area (Å²) in [5.41, 5.74) is 7.10. The summed E-state index contributed by atoms with van der Waals surface area (Å²) in [6, 6.07) is 0. The summed E-state index contributed by atoms with van der Waals surface area (Å²) in [4.78, 5) is 0. The van der Waals surface area contributed by atoms with Crippen LogP contribution in [0.3, 0.4) is 0 Å². The lowest BCUT2D eigenvalue weighted by Crippen LogP contribution is -2.27. The van der Waals surface area contributed by atoms with Gasteiger partial charge in [0.1, 0.15) is 0 Å². The molecule has 1 aliphatic rings. The summed E-state index contributed by atoms with van der Waals surface area (Å²) in [6.45, 7) is 10.9. The molecule has 0 bridgehead atoms. The molecule has 0 saturated heterocycles. The largest absolute Gasteiger partial charge is 0.402 e. The maximum absolute atomic E-state index is 5.73. The zero-order chi connectivity index (χ0) is 10.1. The molecule has 1 nitrogen and oxygen atoms in total. The lowest BCUT2D eigenvalue weighted by atomic mass is 9.69. The smallest absolute Gasteiger partial charge is 0.00390 e. The van der Waals surface area contributed by atoms with Gasteiger partial charge in [0.2, 0.25) is 0 Å². The number of hydrogen-bond acceptors (Lipinski definition) is 1. The first-order valence-corrected chi connectivity index (χ1v) is 5.35. The van der Waals surface area contributed by atoms with Gasteiger partial charge in [-0.25, -0.2) is 0 Å². The molecule has 0 amide bonds. The predicted octanol–water partition coefficient (Wildman–Crippen LogP) is 3.31. The minimum absolute atomic E-state index is 0.473. The molecule has 0 heterocycles. The highest BCUT2D eigenvalue weighted by Gasteiger charge is 2.29. The summed E-state index contributed by atoms with van der Waals surface area (Å²) < 4.78 is 0. The molecule has 13 heavy (non-hydrogen) atoms. The highest BCUT2D eigenvalue weighted by atomic mass is 14.6. The van der Waals surface area contributed by atoms with Crippen molar-refractivity contribution in [1.29, 1.82) is 0 Å². The maximum atomic E-state index is 5.73. The van der Waals surface area contributed by atoms with Gasteiger partial charge >= 0.3 is 0 Å². The van der Waals surface area contributed by atoms with Gasteiger partial charge in [-0.1, -0.05) is 27.4 Å². The molecule has 1 fully saturated rings. The van der Waals surface area contributed by atoms with E-state index in [1.165, 1.54) is 25.7 Å². The van der Waals surface area contributed by atoms with Crippen molar-refractivity contribution < 1.29 is 0 Å². The highest BCUT2D eigenvalue weighted by molar-refractivity contribution is 4.97. The third kappa shape index (κ3) is 2.75. The molecule has 0 unspecified atom stereocenters. The fourth-order valence-electron chi connectivity index (χ4n) is 2.33. The van der Waals surface area contributed by atoms with Gasteiger partial charge in [0.05, 0.1) is 0 Å². The van der Waals surface area contributed by atoms with Crippen LogP contribution >= 0.6 is 0 Å². The highest BCUT2D eigenvalue weighted by Crippen LogP contribution is 2.40. The summed E-state index contributed by atoms with van der Waals surface area (Å²) >= 11 is 0. The lowest BCUT2D eigenvalue weighted by Gasteiger charge is -2.37. The molecule has 0 radical (unpaired) electrons. The Labute approximate surface area is 82.4 Å². The molecule has 0 aromatic rings. The quantitative estimate of drug-likeness (QED) is 0.660. The number of rotatable bonds is 1. The monoisotopic (exact) mass is 181 g/mol. The Morgan fingerprint density at radius 1 is 1.15 bits per heavy atom. The van der Waals surface area contributed by atoms with Gasteiger partial charge in [0.25, 0.3) is 0 Å². The second-order valence-corrected chi connectivity index (χ2v) is 5.49. The van der Waals surface area contributed by atoms with E-state index >= 15 is 0 Å². The van der Waals surface area contributed by atoms with Crippen molar-refractivity contribution in [2.24, 2.45) is 23.0 Å². The van der Waals surface area contributed by atoms with Crippen molar-refractivity contribution in [1.82, 2.24) is 0 Å². The number of allylic oxidation sites excluding steroid dienone is 1. The van der Waals surface area contributed by atoms with Crippen LogP contribution in [0.2, 0.25) is 0 Å². The molecule has 0 aromatic heterocycles. The van der Waals surface area contributed by atoms with Crippen LogP contribution in [-0.2, 0) is 0 Å². The fourth-order valence-corrected chi connectivity index (χ4v) is 2.33. The average molecular weight is 181 g/mol. The normalized spacial score (nSPS) is 30.1. The third-order valence-electron chi connectivity index (χ3n) is 3.48. The fraction of sp³-hybridized carbons (Fsp3) is 0.833. The van der Waals surface area contributed by atoms with Gasteiger partial charge in [-0.15, -0.1) is 0 Å². The van der Waals surface area contributed by atoms with E-state index in [-0.39, 0.29) is 0 Å². The van der Waals surface area contributed by atoms with Gasteiger partial charge in [-0.3, -0.25) is 0 Å². The second-order valence-electron chi connectivity index (χ2n) is 5.49. The Morgan fingerprint density at radius 2 is 1.62 bits per heavy atom.